The lowest BCUT2D eigenvalue weighted by Crippen LogP contribution is -2.29. The summed E-state index contributed by atoms with van der Waals surface area (Å²) in [6, 6.07) is 7.97. The average Bonchev–Trinajstić information content (AvgIpc) is 2.71. The number of amides is 1. The Bertz CT molecular complexity index is 463. The van der Waals surface area contributed by atoms with Crippen molar-refractivity contribution < 1.29 is 4.79 Å². The van der Waals surface area contributed by atoms with E-state index < -0.39 is 0 Å². The zero-order valence-electron chi connectivity index (χ0n) is 15.9. The summed E-state index contributed by atoms with van der Waals surface area (Å²) in [6.07, 6.45) is 9.25. The van der Waals surface area contributed by atoms with Crippen molar-refractivity contribution in [2.75, 3.05) is 6.54 Å². The fraction of sp³-hybridized carbons (Fsp3) is 0.286. The number of thiol groups is 1. The van der Waals surface area contributed by atoms with Crippen LogP contribution in [0.1, 0.15) is 38.3 Å². The van der Waals surface area contributed by atoms with Crippen LogP contribution in [0.4, 0.5) is 0 Å². The summed E-state index contributed by atoms with van der Waals surface area (Å²) in [5, 5.41) is 4.49. The van der Waals surface area contributed by atoms with Crippen LogP contribution in [-0.4, -0.2) is 12.5 Å². The minimum atomic E-state index is -0.143. The fourth-order valence-electron chi connectivity index (χ4n) is 1.23. The van der Waals surface area contributed by atoms with Crippen LogP contribution in [0.5, 0.6) is 0 Å². The smallest absolute Gasteiger partial charge is 0.234 e. The third-order valence-electron chi connectivity index (χ3n) is 2.28. The highest BCUT2D eigenvalue weighted by atomic mass is 32.1. The van der Waals surface area contributed by atoms with E-state index >= 15 is 0 Å². The molecule has 0 aliphatic heterocycles. The van der Waals surface area contributed by atoms with Gasteiger partial charge in [0.1, 0.15) is 0 Å². The molecule has 0 fully saturated rings. The number of hydrogen-bond donors (Lipinski definition) is 3. The quantitative estimate of drug-likeness (QED) is 0.408. The van der Waals surface area contributed by atoms with Gasteiger partial charge in [0.15, 0.2) is 0 Å². The summed E-state index contributed by atoms with van der Waals surface area (Å²) in [6.45, 7) is 18.8. The second kappa shape index (κ2) is 26.7. The van der Waals surface area contributed by atoms with Gasteiger partial charge in [0.2, 0.25) is 5.91 Å². The van der Waals surface area contributed by atoms with Gasteiger partial charge in [-0.05, 0) is 29.0 Å². The van der Waals surface area contributed by atoms with E-state index in [0.29, 0.717) is 6.54 Å². The van der Waals surface area contributed by atoms with E-state index in [1.54, 1.807) is 5.41 Å². The summed E-state index contributed by atoms with van der Waals surface area (Å²) in [5.74, 6) is -0.143. The van der Waals surface area contributed by atoms with Gasteiger partial charge >= 0.3 is 0 Å². The van der Waals surface area contributed by atoms with Crippen LogP contribution < -0.4 is 11.1 Å². The van der Waals surface area contributed by atoms with Crippen molar-refractivity contribution in [1.29, 1.82) is 0 Å². The number of benzene rings is 1. The molecule has 0 aliphatic rings. The molecule has 1 amide bonds. The zero-order valence-corrected chi connectivity index (χ0v) is 16.8. The third-order valence-corrected chi connectivity index (χ3v) is 2.67. The van der Waals surface area contributed by atoms with E-state index in [2.05, 4.69) is 71.0 Å². The van der Waals surface area contributed by atoms with E-state index in [4.69, 9.17) is 5.73 Å². The van der Waals surface area contributed by atoms with Crippen molar-refractivity contribution in [3.63, 3.8) is 0 Å². The first-order valence-electron chi connectivity index (χ1n) is 7.79. The first kappa shape index (κ1) is 30.6. The van der Waals surface area contributed by atoms with Crippen molar-refractivity contribution in [2.24, 2.45) is 5.73 Å². The first-order chi connectivity index (χ1) is 12.1. The third kappa shape index (κ3) is 19.7. The van der Waals surface area contributed by atoms with Crippen LogP contribution in [-0.2, 0) is 11.3 Å². The Kier molecular flexibility index (Phi) is 32.7. The number of rotatable bonds is 4. The van der Waals surface area contributed by atoms with Crippen LogP contribution >= 0.6 is 12.6 Å². The number of terminal acetylenes is 1. The Labute approximate surface area is 160 Å². The summed E-state index contributed by atoms with van der Waals surface area (Å²) < 4.78 is 0. The molecule has 3 N–H and O–H groups in total. The van der Waals surface area contributed by atoms with Crippen LogP contribution in [0.25, 0.3) is 5.57 Å². The van der Waals surface area contributed by atoms with Gasteiger partial charge in [-0.3, -0.25) is 4.79 Å². The number of nitrogens with one attached hydrogen (secondary N) is 1. The Morgan fingerprint density at radius 3 is 1.88 bits per heavy atom. The Morgan fingerprint density at radius 1 is 1.16 bits per heavy atom. The number of carbonyl (C=O) groups excluding carboxylic acids is 1. The van der Waals surface area contributed by atoms with Crippen LogP contribution in [0.15, 0.2) is 56.0 Å². The molecule has 1 rings (SSSR count). The Hall–Kier alpha value is -2.22. The molecular weight excluding hydrogens is 328 g/mol. The maximum atomic E-state index is 11.0. The molecular formula is C21H34N2OS. The van der Waals surface area contributed by atoms with Gasteiger partial charge in [-0.25, -0.2) is 0 Å². The monoisotopic (exact) mass is 362 g/mol. The van der Waals surface area contributed by atoms with Crippen LogP contribution in [0.3, 0.4) is 0 Å². The van der Waals surface area contributed by atoms with Crippen molar-refractivity contribution in [1.82, 2.24) is 5.32 Å². The predicted octanol–water partition coefficient (Wildman–Crippen LogP) is 4.82. The van der Waals surface area contributed by atoms with E-state index in [1.165, 1.54) is 6.42 Å². The average molecular weight is 363 g/mol. The maximum absolute atomic E-state index is 11.0. The molecule has 0 spiro atoms. The van der Waals surface area contributed by atoms with E-state index in [1.807, 2.05) is 31.2 Å². The number of hydrogen-bond acceptors (Lipinski definition) is 3. The fourth-order valence-corrected chi connectivity index (χ4v) is 1.38. The highest BCUT2D eigenvalue weighted by molar-refractivity contribution is 7.83. The topological polar surface area (TPSA) is 55.1 Å². The molecule has 140 valence electrons. The Balaban J connectivity index is -0.000000210. The van der Waals surface area contributed by atoms with Gasteiger partial charge < -0.3 is 11.1 Å². The first-order valence-corrected chi connectivity index (χ1v) is 8.31. The second-order valence-corrected chi connectivity index (χ2v) is 4.46. The number of nitrogens with two attached hydrogens (primary N) is 1. The molecule has 0 saturated carbocycles. The SMILES string of the molecule is C#C.C/C(=C\S)c1ccc(CNC(=O)CN)cc1.C=C.C=C.CCC. The molecule has 4 heteroatoms. The lowest BCUT2D eigenvalue weighted by Gasteiger charge is -2.05. The predicted molar refractivity (Wildman–Crippen MR) is 118 cm³/mol. The lowest BCUT2D eigenvalue weighted by atomic mass is 10.1. The van der Waals surface area contributed by atoms with E-state index in [-0.39, 0.29) is 12.5 Å². The molecule has 1 aromatic rings. The van der Waals surface area contributed by atoms with Gasteiger partial charge in [0.25, 0.3) is 0 Å². The van der Waals surface area contributed by atoms with Gasteiger partial charge in [0, 0.05) is 6.54 Å². The van der Waals surface area contributed by atoms with Gasteiger partial charge in [-0.2, -0.15) is 12.6 Å². The summed E-state index contributed by atoms with van der Waals surface area (Å²) in [5.41, 5.74) is 8.48. The highest BCUT2D eigenvalue weighted by Gasteiger charge is 1.99. The lowest BCUT2D eigenvalue weighted by molar-refractivity contribution is -0.119. The molecule has 0 aromatic heterocycles. The van der Waals surface area contributed by atoms with E-state index in [0.717, 1.165) is 16.7 Å². The molecule has 0 bridgehead atoms. The zero-order chi connectivity index (χ0) is 20.7. The highest BCUT2D eigenvalue weighted by Crippen LogP contribution is 2.15. The summed E-state index contributed by atoms with van der Waals surface area (Å²) in [4.78, 5) is 11.0. The molecule has 3 nitrogen and oxygen atoms in total. The van der Waals surface area contributed by atoms with Gasteiger partial charge in [-0.15, -0.1) is 39.2 Å². The van der Waals surface area contributed by atoms with Crippen molar-refractivity contribution in [3.05, 3.63) is 67.1 Å². The van der Waals surface area contributed by atoms with Crippen LogP contribution in [0, 0.1) is 12.8 Å². The maximum Gasteiger partial charge on any atom is 0.234 e. The summed E-state index contributed by atoms with van der Waals surface area (Å²) in [7, 11) is 0. The summed E-state index contributed by atoms with van der Waals surface area (Å²) >= 11 is 4.10. The molecule has 0 heterocycles. The number of allylic oxidation sites excluding steroid dienone is 1. The van der Waals surface area contributed by atoms with Gasteiger partial charge in [-0.1, -0.05) is 44.5 Å². The van der Waals surface area contributed by atoms with Crippen molar-refractivity contribution in [2.45, 2.75) is 33.7 Å². The standard InChI is InChI=1S/C12H16N2OS.C3H8.2C2H4.C2H2/c1-9(8-16)11-4-2-10(3-5-11)7-14-12(15)6-13;1-3-2;3*1-2/h2-5,8,16H,6-7,13H2,1H3,(H,14,15);3H2,1-2H3;2*1-2H2;1-2H/b9-8+;;;;. The minimum Gasteiger partial charge on any atom is -0.351 e. The molecule has 0 aliphatic carbocycles. The normalized spacial score (nSPS) is 8.36. The molecule has 0 radical (unpaired) electrons. The molecule has 25 heavy (non-hydrogen) atoms. The van der Waals surface area contributed by atoms with Crippen molar-refractivity contribution in [3.8, 4) is 12.8 Å². The molecule has 0 atom stereocenters. The van der Waals surface area contributed by atoms with Gasteiger partial charge in [0.05, 0.1) is 6.54 Å². The Morgan fingerprint density at radius 2 is 1.56 bits per heavy atom. The van der Waals surface area contributed by atoms with E-state index in [9.17, 15) is 4.79 Å². The van der Waals surface area contributed by atoms with Crippen LogP contribution in [0.2, 0.25) is 0 Å². The van der Waals surface area contributed by atoms with Crippen molar-refractivity contribution >= 4 is 24.1 Å². The molecule has 0 saturated heterocycles. The minimum absolute atomic E-state index is 0.0274. The second-order valence-electron chi connectivity index (χ2n) is 4.20. The number of carbonyl (C=O) groups is 1. The molecule has 0 unspecified atom stereocenters. The molecule has 1 aromatic carbocycles. The largest absolute Gasteiger partial charge is 0.351 e.